The van der Waals surface area contributed by atoms with E-state index in [-0.39, 0.29) is 22.1 Å². The molecule has 0 fully saturated rings. The van der Waals surface area contributed by atoms with Crippen LogP contribution in [0.4, 0.5) is 17.2 Å². The molecule has 0 saturated heterocycles. The summed E-state index contributed by atoms with van der Waals surface area (Å²) in [5.41, 5.74) is 0.348. The summed E-state index contributed by atoms with van der Waals surface area (Å²) in [4.78, 5) is 24.6. The third-order valence-electron chi connectivity index (χ3n) is 2.41. The maximum absolute atomic E-state index is 10.8. The van der Waals surface area contributed by atoms with Crippen molar-refractivity contribution in [2.75, 3.05) is 5.32 Å². The number of pyridine rings is 1. The van der Waals surface area contributed by atoms with Gasteiger partial charge in [-0.1, -0.05) is 17.7 Å². The van der Waals surface area contributed by atoms with Crippen LogP contribution >= 0.6 is 11.6 Å². The number of aromatic carboxylic acids is 1. The normalized spacial score (nSPS) is 10.1. The summed E-state index contributed by atoms with van der Waals surface area (Å²) in [5, 5.41) is 22.3. The molecular formula is C12H8ClN3O4. The summed E-state index contributed by atoms with van der Waals surface area (Å²) in [5.74, 6) is -0.851. The number of carbonyl (C=O) groups is 1. The molecule has 1 heterocycles. The van der Waals surface area contributed by atoms with Crippen LogP contribution in [-0.2, 0) is 0 Å². The first-order valence-corrected chi connectivity index (χ1v) is 5.75. The Labute approximate surface area is 118 Å². The lowest BCUT2D eigenvalue weighted by Crippen LogP contribution is -1.99. The number of anilines is 2. The zero-order valence-electron chi connectivity index (χ0n) is 9.91. The predicted octanol–water partition coefficient (Wildman–Crippen LogP) is 3.09. The maximum atomic E-state index is 10.8. The molecule has 1 aromatic heterocycles. The SMILES string of the molecule is O=C(O)c1cccc(Nc2ncc([N+](=O)[O-])cc2Cl)c1. The van der Waals surface area contributed by atoms with Crippen molar-refractivity contribution >= 4 is 34.8 Å². The van der Waals surface area contributed by atoms with Gasteiger partial charge in [-0.25, -0.2) is 9.78 Å². The fourth-order valence-corrected chi connectivity index (χ4v) is 1.69. The third kappa shape index (κ3) is 3.01. The van der Waals surface area contributed by atoms with Crippen molar-refractivity contribution in [3.8, 4) is 0 Å². The number of benzene rings is 1. The van der Waals surface area contributed by atoms with Gasteiger partial charge in [0.1, 0.15) is 12.0 Å². The Balaban J connectivity index is 2.28. The number of rotatable bonds is 4. The molecule has 20 heavy (non-hydrogen) atoms. The number of nitrogens with one attached hydrogen (secondary N) is 1. The van der Waals surface area contributed by atoms with Crippen molar-refractivity contribution in [1.82, 2.24) is 4.98 Å². The van der Waals surface area contributed by atoms with E-state index in [4.69, 9.17) is 16.7 Å². The Morgan fingerprint density at radius 2 is 2.15 bits per heavy atom. The molecule has 8 heteroatoms. The Bertz CT molecular complexity index is 690. The van der Waals surface area contributed by atoms with Crippen molar-refractivity contribution in [3.63, 3.8) is 0 Å². The first kappa shape index (κ1) is 13.8. The largest absolute Gasteiger partial charge is 0.478 e. The second-order valence-electron chi connectivity index (χ2n) is 3.79. The van der Waals surface area contributed by atoms with E-state index in [1.54, 1.807) is 12.1 Å². The van der Waals surface area contributed by atoms with Crippen LogP contribution in [0.3, 0.4) is 0 Å². The van der Waals surface area contributed by atoms with E-state index in [9.17, 15) is 14.9 Å². The highest BCUT2D eigenvalue weighted by atomic mass is 35.5. The van der Waals surface area contributed by atoms with E-state index in [0.29, 0.717) is 5.69 Å². The average Bonchev–Trinajstić information content (AvgIpc) is 2.41. The fraction of sp³-hybridized carbons (Fsp3) is 0. The second-order valence-corrected chi connectivity index (χ2v) is 4.20. The zero-order chi connectivity index (χ0) is 14.7. The monoisotopic (exact) mass is 293 g/mol. The third-order valence-corrected chi connectivity index (χ3v) is 2.70. The van der Waals surface area contributed by atoms with Gasteiger partial charge in [0.2, 0.25) is 0 Å². The first-order valence-electron chi connectivity index (χ1n) is 5.37. The van der Waals surface area contributed by atoms with E-state index in [1.165, 1.54) is 12.1 Å². The van der Waals surface area contributed by atoms with Gasteiger partial charge in [0.25, 0.3) is 5.69 Å². The molecule has 102 valence electrons. The summed E-state index contributed by atoms with van der Waals surface area (Å²) < 4.78 is 0. The lowest BCUT2D eigenvalue weighted by Gasteiger charge is -2.07. The topological polar surface area (TPSA) is 105 Å². The van der Waals surface area contributed by atoms with Gasteiger partial charge in [-0.15, -0.1) is 0 Å². The van der Waals surface area contributed by atoms with Gasteiger partial charge in [0.05, 0.1) is 15.5 Å². The fourth-order valence-electron chi connectivity index (χ4n) is 1.49. The highest BCUT2D eigenvalue weighted by Crippen LogP contribution is 2.26. The summed E-state index contributed by atoms with van der Waals surface area (Å²) in [6.45, 7) is 0. The number of carboxylic acid groups (broad SMARTS) is 1. The minimum absolute atomic E-state index is 0.0694. The molecule has 0 radical (unpaired) electrons. The van der Waals surface area contributed by atoms with Gasteiger partial charge in [-0.05, 0) is 18.2 Å². The molecule has 0 aliphatic heterocycles. The molecule has 2 N–H and O–H groups in total. The van der Waals surface area contributed by atoms with Crippen LogP contribution in [0.2, 0.25) is 5.02 Å². The number of halogens is 1. The Kier molecular flexibility index (Phi) is 3.81. The molecule has 0 bridgehead atoms. The van der Waals surface area contributed by atoms with Crippen LogP contribution < -0.4 is 5.32 Å². The Hall–Kier alpha value is -2.67. The second kappa shape index (κ2) is 5.54. The minimum atomic E-state index is -1.06. The van der Waals surface area contributed by atoms with E-state index in [2.05, 4.69) is 10.3 Å². The predicted molar refractivity (Wildman–Crippen MR) is 72.6 cm³/mol. The highest BCUT2D eigenvalue weighted by molar-refractivity contribution is 6.33. The van der Waals surface area contributed by atoms with Gasteiger partial charge in [0.15, 0.2) is 0 Å². The minimum Gasteiger partial charge on any atom is -0.478 e. The van der Waals surface area contributed by atoms with Crippen molar-refractivity contribution in [2.45, 2.75) is 0 Å². The summed E-state index contributed by atoms with van der Waals surface area (Å²) in [6.07, 6.45) is 1.06. The molecule has 0 aliphatic carbocycles. The van der Waals surface area contributed by atoms with Gasteiger partial charge in [0, 0.05) is 11.8 Å². The van der Waals surface area contributed by atoms with Crippen molar-refractivity contribution in [2.24, 2.45) is 0 Å². The molecule has 0 saturated carbocycles. The maximum Gasteiger partial charge on any atom is 0.335 e. The van der Waals surface area contributed by atoms with Crippen molar-refractivity contribution in [3.05, 3.63) is 57.2 Å². The quantitative estimate of drug-likeness (QED) is 0.663. The summed E-state index contributed by atoms with van der Waals surface area (Å²) in [7, 11) is 0. The van der Waals surface area contributed by atoms with E-state index >= 15 is 0 Å². The highest BCUT2D eigenvalue weighted by Gasteiger charge is 2.11. The number of carboxylic acids is 1. The molecule has 2 rings (SSSR count). The average molecular weight is 294 g/mol. The standard InChI is InChI=1S/C12H8ClN3O4/c13-10-5-9(16(19)20)6-14-11(10)15-8-3-1-2-7(4-8)12(17)18/h1-6H,(H,14,15)(H,17,18). The number of hydrogen-bond acceptors (Lipinski definition) is 5. The molecule has 1 aromatic carbocycles. The van der Waals surface area contributed by atoms with Crippen LogP contribution in [0.15, 0.2) is 36.5 Å². The first-order chi connectivity index (χ1) is 9.47. The lowest BCUT2D eigenvalue weighted by molar-refractivity contribution is -0.385. The van der Waals surface area contributed by atoms with Gasteiger partial charge < -0.3 is 10.4 Å². The van der Waals surface area contributed by atoms with Crippen LogP contribution in [0.1, 0.15) is 10.4 Å². The smallest absolute Gasteiger partial charge is 0.335 e. The van der Waals surface area contributed by atoms with Crippen LogP contribution in [0, 0.1) is 10.1 Å². The van der Waals surface area contributed by atoms with E-state index < -0.39 is 10.9 Å². The summed E-state index contributed by atoms with van der Waals surface area (Å²) in [6, 6.07) is 7.20. The van der Waals surface area contributed by atoms with Crippen molar-refractivity contribution < 1.29 is 14.8 Å². The number of nitro groups is 1. The molecule has 7 nitrogen and oxygen atoms in total. The van der Waals surface area contributed by atoms with Gasteiger partial charge in [-0.2, -0.15) is 0 Å². The molecule has 0 amide bonds. The molecular weight excluding hydrogens is 286 g/mol. The Morgan fingerprint density at radius 1 is 1.40 bits per heavy atom. The zero-order valence-corrected chi connectivity index (χ0v) is 10.7. The van der Waals surface area contributed by atoms with E-state index in [1.807, 2.05) is 0 Å². The van der Waals surface area contributed by atoms with Gasteiger partial charge in [-0.3, -0.25) is 10.1 Å². The molecule has 2 aromatic rings. The van der Waals surface area contributed by atoms with Crippen LogP contribution in [0.25, 0.3) is 0 Å². The van der Waals surface area contributed by atoms with Crippen LogP contribution in [0.5, 0.6) is 0 Å². The molecule has 0 atom stereocenters. The Morgan fingerprint density at radius 3 is 2.75 bits per heavy atom. The van der Waals surface area contributed by atoms with Gasteiger partial charge >= 0.3 is 5.97 Å². The number of nitrogens with zero attached hydrogens (tertiary/aromatic N) is 2. The molecule has 0 unspecified atom stereocenters. The van der Waals surface area contributed by atoms with Crippen LogP contribution in [-0.4, -0.2) is 21.0 Å². The van der Waals surface area contributed by atoms with E-state index in [0.717, 1.165) is 12.3 Å². The number of hydrogen-bond donors (Lipinski definition) is 2. The number of aromatic nitrogens is 1. The lowest BCUT2D eigenvalue weighted by atomic mass is 10.2. The summed E-state index contributed by atoms with van der Waals surface area (Å²) >= 11 is 5.88. The molecule has 0 aliphatic rings. The molecule has 0 spiro atoms. The van der Waals surface area contributed by atoms with Crippen molar-refractivity contribution in [1.29, 1.82) is 0 Å².